The van der Waals surface area contributed by atoms with E-state index in [1.807, 2.05) is 25.3 Å². The minimum Gasteiger partial charge on any atom is -0.347 e. The predicted octanol–water partition coefficient (Wildman–Crippen LogP) is 2.22. The molecule has 1 aromatic heterocycles. The first-order chi connectivity index (χ1) is 7.06. The number of hydrogen-bond donors (Lipinski definition) is 2. The van der Waals surface area contributed by atoms with Gasteiger partial charge in [-0.1, -0.05) is 13.8 Å². The van der Waals surface area contributed by atoms with E-state index < -0.39 is 0 Å². The van der Waals surface area contributed by atoms with E-state index in [1.54, 1.807) is 0 Å². The molecule has 0 aliphatic carbocycles. The summed E-state index contributed by atoms with van der Waals surface area (Å²) in [7, 11) is 0. The summed E-state index contributed by atoms with van der Waals surface area (Å²) in [5.41, 5.74) is 5.59. The standard InChI is InChI=1S/C10H15BrN2OS/c1-6(2)8(5-12)13-10(14)9-7(11)3-4-15-9/h3-4,6,8H,5,12H2,1-2H3,(H,13,14). The van der Waals surface area contributed by atoms with Gasteiger partial charge in [-0.2, -0.15) is 0 Å². The average molecular weight is 291 g/mol. The van der Waals surface area contributed by atoms with Crippen LogP contribution >= 0.6 is 27.3 Å². The van der Waals surface area contributed by atoms with Crippen molar-refractivity contribution in [1.29, 1.82) is 0 Å². The number of halogens is 1. The highest BCUT2D eigenvalue weighted by atomic mass is 79.9. The number of nitrogens with two attached hydrogens (primary N) is 1. The first-order valence-corrected chi connectivity index (χ1v) is 6.47. The van der Waals surface area contributed by atoms with E-state index in [1.165, 1.54) is 11.3 Å². The van der Waals surface area contributed by atoms with Gasteiger partial charge in [0.05, 0.1) is 0 Å². The fourth-order valence-electron chi connectivity index (χ4n) is 1.19. The molecule has 3 nitrogen and oxygen atoms in total. The molecular weight excluding hydrogens is 276 g/mol. The topological polar surface area (TPSA) is 55.1 Å². The van der Waals surface area contributed by atoms with E-state index in [0.29, 0.717) is 17.3 Å². The maximum Gasteiger partial charge on any atom is 0.262 e. The van der Waals surface area contributed by atoms with Crippen LogP contribution in [0, 0.1) is 5.92 Å². The molecule has 0 aliphatic rings. The summed E-state index contributed by atoms with van der Waals surface area (Å²) in [6.07, 6.45) is 0. The van der Waals surface area contributed by atoms with Crippen molar-refractivity contribution in [3.8, 4) is 0 Å². The first kappa shape index (κ1) is 12.7. The van der Waals surface area contributed by atoms with Crippen molar-refractivity contribution in [1.82, 2.24) is 5.32 Å². The lowest BCUT2D eigenvalue weighted by Crippen LogP contribution is -2.43. The van der Waals surface area contributed by atoms with Crippen LogP contribution in [0.4, 0.5) is 0 Å². The maximum absolute atomic E-state index is 11.8. The first-order valence-electron chi connectivity index (χ1n) is 4.80. The van der Waals surface area contributed by atoms with Gasteiger partial charge >= 0.3 is 0 Å². The Morgan fingerprint density at radius 2 is 2.33 bits per heavy atom. The highest BCUT2D eigenvalue weighted by Crippen LogP contribution is 2.22. The molecule has 1 amide bonds. The fourth-order valence-corrected chi connectivity index (χ4v) is 2.64. The Bertz CT molecular complexity index is 338. The van der Waals surface area contributed by atoms with Crippen molar-refractivity contribution in [3.05, 3.63) is 20.8 Å². The Hall–Kier alpha value is -0.390. The molecule has 1 rings (SSSR count). The molecule has 0 saturated carbocycles. The monoisotopic (exact) mass is 290 g/mol. The fraction of sp³-hybridized carbons (Fsp3) is 0.500. The Morgan fingerprint density at radius 3 is 2.73 bits per heavy atom. The van der Waals surface area contributed by atoms with Crippen molar-refractivity contribution < 1.29 is 4.79 Å². The summed E-state index contributed by atoms with van der Waals surface area (Å²) in [5.74, 6) is 0.290. The van der Waals surface area contributed by atoms with Crippen LogP contribution in [-0.4, -0.2) is 18.5 Å². The van der Waals surface area contributed by atoms with Crippen LogP contribution in [-0.2, 0) is 0 Å². The lowest BCUT2D eigenvalue weighted by molar-refractivity contribution is 0.0931. The van der Waals surface area contributed by atoms with Gasteiger partial charge in [-0.25, -0.2) is 0 Å². The normalized spacial score (nSPS) is 12.9. The largest absolute Gasteiger partial charge is 0.347 e. The van der Waals surface area contributed by atoms with Crippen LogP contribution in [0.15, 0.2) is 15.9 Å². The molecule has 0 radical (unpaired) electrons. The Morgan fingerprint density at radius 1 is 1.67 bits per heavy atom. The molecule has 0 aliphatic heterocycles. The molecule has 1 aromatic rings. The molecule has 0 fully saturated rings. The molecule has 15 heavy (non-hydrogen) atoms. The molecule has 0 aromatic carbocycles. The zero-order chi connectivity index (χ0) is 11.4. The van der Waals surface area contributed by atoms with Gasteiger partial charge in [-0.3, -0.25) is 4.79 Å². The Kier molecular flexibility index (Phi) is 4.76. The summed E-state index contributed by atoms with van der Waals surface area (Å²) in [4.78, 5) is 12.5. The highest BCUT2D eigenvalue weighted by Gasteiger charge is 2.17. The molecule has 0 spiro atoms. The van der Waals surface area contributed by atoms with E-state index in [9.17, 15) is 4.79 Å². The molecule has 0 bridgehead atoms. The van der Waals surface area contributed by atoms with Crippen molar-refractivity contribution >= 4 is 33.2 Å². The molecule has 1 unspecified atom stereocenters. The van der Waals surface area contributed by atoms with Crippen molar-refractivity contribution in [2.45, 2.75) is 19.9 Å². The number of nitrogens with one attached hydrogen (secondary N) is 1. The zero-order valence-corrected chi connectivity index (χ0v) is 11.2. The number of hydrogen-bond acceptors (Lipinski definition) is 3. The third kappa shape index (κ3) is 3.29. The number of thiophene rings is 1. The van der Waals surface area contributed by atoms with E-state index >= 15 is 0 Å². The van der Waals surface area contributed by atoms with Crippen LogP contribution in [0.1, 0.15) is 23.5 Å². The number of rotatable bonds is 4. The third-order valence-electron chi connectivity index (χ3n) is 2.20. The molecular formula is C10H15BrN2OS. The smallest absolute Gasteiger partial charge is 0.262 e. The van der Waals surface area contributed by atoms with Crippen LogP contribution in [0.2, 0.25) is 0 Å². The highest BCUT2D eigenvalue weighted by molar-refractivity contribution is 9.10. The number of carbonyl (C=O) groups is 1. The maximum atomic E-state index is 11.8. The average Bonchev–Trinajstić information content (AvgIpc) is 2.60. The minimum atomic E-state index is -0.0546. The third-order valence-corrected chi connectivity index (χ3v) is 4.04. The Labute approximate surface area is 102 Å². The summed E-state index contributed by atoms with van der Waals surface area (Å²) in [6, 6.07) is 1.90. The lowest BCUT2D eigenvalue weighted by atomic mass is 10.0. The van der Waals surface area contributed by atoms with Crippen LogP contribution < -0.4 is 11.1 Å². The van der Waals surface area contributed by atoms with E-state index in [4.69, 9.17) is 5.73 Å². The summed E-state index contributed by atoms with van der Waals surface area (Å²) in [6.45, 7) is 4.55. The van der Waals surface area contributed by atoms with E-state index in [-0.39, 0.29) is 11.9 Å². The van der Waals surface area contributed by atoms with Gasteiger partial charge in [0, 0.05) is 17.1 Å². The van der Waals surface area contributed by atoms with Gasteiger partial charge < -0.3 is 11.1 Å². The van der Waals surface area contributed by atoms with Gasteiger partial charge in [0.2, 0.25) is 0 Å². The van der Waals surface area contributed by atoms with Crippen molar-refractivity contribution in [2.24, 2.45) is 11.7 Å². The Balaban J connectivity index is 2.67. The number of amides is 1. The summed E-state index contributed by atoms with van der Waals surface area (Å²) >= 11 is 4.76. The minimum absolute atomic E-state index is 0.0338. The van der Waals surface area contributed by atoms with Gasteiger partial charge in [-0.15, -0.1) is 11.3 Å². The van der Waals surface area contributed by atoms with E-state index in [0.717, 1.165) is 4.47 Å². The van der Waals surface area contributed by atoms with E-state index in [2.05, 4.69) is 21.2 Å². The molecule has 84 valence electrons. The van der Waals surface area contributed by atoms with Gasteiger partial charge in [0.25, 0.3) is 5.91 Å². The SMILES string of the molecule is CC(C)C(CN)NC(=O)c1sccc1Br. The molecule has 5 heteroatoms. The van der Waals surface area contributed by atoms with Crippen LogP contribution in [0.25, 0.3) is 0 Å². The quantitative estimate of drug-likeness (QED) is 0.893. The lowest BCUT2D eigenvalue weighted by Gasteiger charge is -2.20. The number of carbonyl (C=O) groups excluding carboxylic acids is 1. The van der Waals surface area contributed by atoms with Crippen LogP contribution in [0.3, 0.4) is 0 Å². The molecule has 3 N–H and O–H groups in total. The molecule has 1 atom stereocenters. The second-order valence-corrected chi connectivity index (χ2v) is 5.43. The second kappa shape index (κ2) is 5.63. The second-order valence-electron chi connectivity index (χ2n) is 3.66. The van der Waals surface area contributed by atoms with Crippen molar-refractivity contribution in [3.63, 3.8) is 0 Å². The molecule has 1 heterocycles. The van der Waals surface area contributed by atoms with Gasteiger partial charge in [0.1, 0.15) is 4.88 Å². The predicted molar refractivity (Wildman–Crippen MR) is 67.2 cm³/mol. The summed E-state index contributed by atoms with van der Waals surface area (Å²) < 4.78 is 0.838. The van der Waals surface area contributed by atoms with Gasteiger partial charge in [0.15, 0.2) is 0 Å². The van der Waals surface area contributed by atoms with Crippen LogP contribution in [0.5, 0.6) is 0 Å². The van der Waals surface area contributed by atoms with Gasteiger partial charge in [-0.05, 0) is 33.3 Å². The van der Waals surface area contributed by atoms with Crippen molar-refractivity contribution in [2.75, 3.05) is 6.54 Å². The summed E-state index contributed by atoms with van der Waals surface area (Å²) in [5, 5.41) is 4.81. The molecule has 0 saturated heterocycles. The zero-order valence-electron chi connectivity index (χ0n) is 8.79.